The van der Waals surface area contributed by atoms with Gasteiger partial charge in [0.25, 0.3) is 0 Å². The summed E-state index contributed by atoms with van der Waals surface area (Å²) in [5.74, 6) is -0.275. The third kappa shape index (κ3) is 4.81. The summed E-state index contributed by atoms with van der Waals surface area (Å²) >= 11 is 7.55. The van der Waals surface area contributed by atoms with Crippen LogP contribution in [0.15, 0.2) is 91.3 Å². The standard InChI is InChI=1S/C28H20ClFN6S/c1-18-27(37-28(31-18)20-9-13-22(30)14-10-20)26-24(16-36(33-26)23-5-3-2-4-6-23)25-17-35(34-32-25)15-19-7-11-21(29)12-8-19/h2-14,16-17H,15H2,1H3. The Morgan fingerprint density at radius 2 is 1.68 bits per heavy atom. The van der Waals surface area contributed by atoms with E-state index < -0.39 is 0 Å². The fraction of sp³-hybridized carbons (Fsp3) is 0.0714. The van der Waals surface area contributed by atoms with Crippen LogP contribution in [-0.2, 0) is 6.54 Å². The molecule has 3 heterocycles. The number of benzene rings is 3. The summed E-state index contributed by atoms with van der Waals surface area (Å²) in [5, 5.41) is 15.3. The summed E-state index contributed by atoms with van der Waals surface area (Å²) in [6.45, 7) is 2.53. The molecule has 0 atom stereocenters. The normalized spacial score (nSPS) is 11.2. The zero-order valence-corrected chi connectivity index (χ0v) is 21.3. The highest BCUT2D eigenvalue weighted by Gasteiger charge is 2.22. The van der Waals surface area contributed by atoms with Crippen LogP contribution in [0.5, 0.6) is 0 Å². The van der Waals surface area contributed by atoms with Crippen molar-refractivity contribution in [1.29, 1.82) is 0 Å². The number of aryl methyl sites for hydroxylation is 1. The lowest BCUT2D eigenvalue weighted by molar-refractivity contribution is 0.628. The molecular weight excluding hydrogens is 507 g/mol. The molecule has 0 amide bonds. The van der Waals surface area contributed by atoms with Crippen LogP contribution < -0.4 is 0 Å². The molecule has 3 aromatic carbocycles. The molecule has 0 aliphatic rings. The molecule has 0 aliphatic heterocycles. The molecule has 6 nitrogen and oxygen atoms in total. The van der Waals surface area contributed by atoms with Crippen molar-refractivity contribution in [2.24, 2.45) is 0 Å². The van der Waals surface area contributed by atoms with Gasteiger partial charge in [-0.1, -0.05) is 47.1 Å². The fourth-order valence-corrected chi connectivity index (χ4v) is 5.25. The third-order valence-corrected chi connectivity index (χ3v) is 7.38. The highest BCUT2D eigenvalue weighted by molar-refractivity contribution is 7.18. The number of thiazole rings is 1. The summed E-state index contributed by atoms with van der Waals surface area (Å²) in [6.07, 6.45) is 3.89. The van der Waals surface area contributed by atoms with Crippen LogP contribution in [0.1, 0.15) is 11.3 Å². The van der Waals surface area contributed by atoms with Gasteiger partial charge in [-0.15, -0.1) is 16.4 Å². The highest BCUT2D eigenvalue weighted by atomic mass is 35.5. The molecule has 37 heavy (non-hydrogen) atoms. The Morgan fingerprint density at radius 3 is 2.43 bits per heavy atom. The second kappa shape index (κ2) is 9.72. The van der Waals surface area contributed by atoms with E-state index in [1.807, 2.05) is 78.6 Å². The molecule has 0 spiro atoms. The van der Waals surface area contributed by atoms with E-state index in [2.05, 4.69) is 10.3 Å². The van der Waals surface area contributed by atoms with Gasteiger partial charge in [-0.05, 0) is 61.0 Å². The predicted molar refractivity (Wildman–Crippen MR) is 144 cm³/mol. The Morgan fingerprint density at radius 1 is 0.919 bits per heavy atom. The maximum Gasteiger partial charge on any atom is 0.124 e. The van der Waals surface area contributed by atoms with Gasteiger partial charge in [0.15, 0.2) is 0 Å². The number of hydrogen-bond acceptors (Lipinski definition) is 5. The second-order valence-electron chi connectivity index (χ2n) is 8.54. The molecule has 0 saturated heterocycles. The average Bonchev–Trinajstić information content (AvgIpc) is 3.65. The SMILES string of the molecule is Cc1nc(-c2ccc(F)cc2)sc1-c1nn(-c2ccccc2)cc1-c1cn(Cc2ccc(Cl)cc2)nn1. The maximum atomic E-state index is 13.5. The van der Waals surface area contributed by atoms with Gasteiger partial charge >= 0.3 is 0 Å². The average molecular weight is 527 g/mol. The molecule has 0 unspecified atom stereocenters. The number of halogens is 2. The fourth-order valence-electron chi connectivity index (χ4n) is 4.05. The van der Waals surface area contributed by atoms with Crippen molar-refractivity contribution < 1.29 is 4.39 Å². The van der Waals surface area contributed by atoms with Gasteiger partial charge in [0.05, 0.1) is 34.6 Å². The topological polar surface area (TPSA) is 61.4 Å². The molecule has 6 rings (SSSR count). The number of nitrogens with zero attached hydrogens (tertiary/aromatic N) is 6. The van der Waals surface area contributed by atoms with E-state index in [4.69, 9.17) is 21.7 Å². The first-order chi connectivity index (χ1) is 18.0. The van der Waals surface area contributed by atoms with Crippen LogP contribution in [0.4, 0.5) is 4.39 Å². The molecule has 0 fully saturated rings. The Kier molecular flexibility index (Phi) is 6.12. The van der Waals surface area contributed by atoms with Crippen molar-refractivity contribution in [2.75, 3.05) is 0 Å². The van der Waals surface area contributed by atoms with Gasteiger partial charge in [0.1, 0.15) is 22.2 Å². The molecule has 9 heteroatoms. The van der Waals surface area contributed by atoms with E-state index in [0.29, 0.717) is 17.3 Å². The van der Waals surface area contributed by atoms with Gasteiger partial charge in [0, 0.05) is 16.8 Å². The van der Waals surface area contributed by atoms with E-state index in [9.17, 15) is 4.39 Å². The Balaban J connectivity index is 1.42. The van der Waals surface area contributed by atoms with E-state index in [1.165, 1.54) is 23.5 Å². The third-order valence-electron chi connectivity index (χ3n) is 5.91. The molecule has 0 bridgehead atoms. The van der Waals surface area contributed by atoms with Crippen molar-refractivity contribution >= 4 is 22.9 Å². The molecule has 0 radical (unpaired) electrons. The number of rotatable bonds is 6. The number of aromatic nitrogens is 6. The zero-order valence-electron chi connectivity index (χ0n) is 19.7. The minimum absolute atomic E-state index is 0.275. The Hall–Kier alpha value is -4.14. The van der Waals surface area contributed by atoms with Crippen LogP contribution >= 0.6 is 22.9 Å². The van der Waals surface area contributed by atoms with E-state index >= 15 is 0 Å². The summed E-state index contributed by atoms with van der Waals surface area (Å²) in [5.41, 5.74) is 6.04. The molecule has 3 aromatic heterocycles. The number of hydrogen-bond donors (Lipinski definition) is 0. The lowest BCUT2D eigenvalue weighted by atomic mass is 10.1. The van der Waals surface area contributed by atoms with Crippen LogP contribution in [0.3, 0.4) is 0 Å². The van der Waals surface area contributed by atoms with E-state index in [0.717, 1.165) is 43.7 Å². The quantitative estimate of drug-likeness (QED) is 0.233. The van der Waals surface area contributed by atoms with Crippen LogP contribution in [0.25, 0.3) is 38.1 Å². The van der Waals surface area contributed by atoms with Gasteiger partial charge in [-0.2, -0.15) is 5.10 Å². The van der Waals surface area contributed by atoms with Crippen LogP contribution in [-0.4, -0.2) is 29.8 Å². The Labute approximate surface area is 221 Å². The summed E-state index contributed by atoms with van der Waals surface area (Å²) in [7, 11) is 0. The second-order valence-corrected chi connectivity index (χ2v) is 9.98. The van der Waals surface area contributed by atoms with Crippen LogP contribution in [0, 0.1) is 12.7 Å². The Bertz CT molecular complexity index is 1670. The molecular formula is C28H20ClFN6S. The van der Waals surface area contributed by atoms with Crippen molar-refractivity contribution in [1.82, 2.24) is 29.8 Å². The van der Waals surface area contributed by atoms with Crippen LogP contribution in [0.2, 0.25) is 5.02 Å². The van der Waals surface area contributed by atoms with Gasteiger partial charge in [0.2, 0.25) is 0 Å². The minimum atomic E-state index is -0.275. The lowest BCUT2D eigenvalue weighted by Gasteiger charge is -2.00. The highest BCUT2D eigenvalue weighted by Crippen LogP contribution is 2.39. The molecule has 6 aromatic rings. The molecule has 0 saturated carbocycles. The summed E-state index contributed by atoms with van der Waals surface area (Å²) < 4.78 is 17.1. The zero-order chi connectivity index (χ0) is 25.4. The maximum absolute atomic E-state index is 13.5. The summed E-state index contributed by atoms with van der Waals surface area (Å²) in [4.78, 5) is 5.69. The molecule has 0 aliphatic carbocycles. The molecule has 0 N–H and O–H groups in total. The van der Waals surface area contributed by atoms with Gasteiger partial charge < -0.3 is 0 Å². The minimum Gasteiger partial charge on any atom is -0.247 e. The van der Waals surface area contributed by atoms with Crippen molar-refractivity contribution in [3.63, 3.8) is 0 Å². The van der Waals surface area contributed by atoms with Crippen molar-refractivity contribution in [2.45, 2.75) is 13.5 Å². The molecule has 182 valence electrons. The first-order valence-electron chi connectivity index (χ1n) is 11.6. The summed E-state index contributed by atoms with van der Waals surface area (Å²) in [6, 6.07) is 24.0. The first-order valence-corrected chi connectivity index (χ1v) is 12.8. The predicted octanol–water partition coefficient (Wildman–Crippen LogP) is 7.07. The monoisotopic (exact) mass is 526 g/mol. The van der Waals surface area contributed by atoms with Crippen molar-refractivity contribution in [3.8, 4) is 38.1 Å². The largest absolute Gasteiger partial charge is 0.247 e. The van der Waals surface area contributed by atoms with Gasteiger partial charge in [-0.25, -0.2) is 18.7 Å². The van der Waals surface area contributed by atoms with Crippen molar-refractivity contribution in [3.05, 3.63) is 113 Å². The van der Waals surface area contributed by atoms with E-state index in [-0.39, 0.29) is 5.82 Å². The smallest absolute Gasteiger partial charge is 0.124 e. The lowest BCUT2D eigenvalue weighted by Crippen LogP contribution is -1.99. The van der Waals surface area contributed by atoms with E-state index in [1.54, 1.807) is 16.8 Å². The number of para-hydroxylation sites is 1. The van der Waals surface area contributed by atoms with Gasteiger partial charge in [-0.3, -0.25) is 0 Å². The first kappa shape index (κ1) is 23.3.